The van der Waals surface area contributed by atoms with Gasteiger partial charge in [-0.3, -0.25) is 4.79 Å². The molecular weight excluding hydrogens is 192 g/mol. The highest BCUT2D eigenvalue weighted by atomic mass is 16.1. The third kappa shape index (κ3) is 2.18. The lowest BCUT2D eigenvalue weighted by Crippen LogP contribution is -2.50. The number of anilines is 1. The van der Waals surface area contributed by atoms with E-state index in [4.69, 9.17) is 0 Å². The second-order valence-electron chi connectivity index (χ2n) is 3.94. The van der Waals surface area contributed by atoms with Gasteiger partial charge in [-0.15, -0.1) is 0 Å². The maximum Gasteiger partial charge on any atom is 0.252 e. The Bertz CT molecular complexity index is 401. The summed E-state index contributed by atoms with van der Waals surface area (Å²) in [6.45, 7) is 6.71. The Balaban J connectivity index is 2.31. The standard InChI is InChI=1S/C10H16N4O/c1-7-6-11-3-4-14(7)9-5-10(15)13-8(2)12-9/h5,7,11H,3-4,6H2,1-2H3,(H,12,13,15). The molecule has 0 amide bonds. The fourth-order valence-electron chi connectivity index (χ4n) is 1.89. The third-order valence-electron chi connectivity index (χ3n) is 2.64. The molecule has 82 valence electrons. The van der Waals surface area contributed by atoms with Gasteiger partial charge >= 0.3 is 0 Å². The summed E-state index contributed by atoms with van der Waals surface area (Å²) >= 11 is 0. The van der Waals surface area contributed by atoms with Gasteiger partial charge in [0.25, 0.3) is 5.56 Å². The minimum Gasteiger partial charge on any atom is -0.351 e. The lowest BCUT2D eigenvalue weighted by Gasteiger charge is -2.34. The summed E-state index contributed by atoms with van der Waals surface area (Å²) in [6.07, 6.45) is 0. The average Bonchev–Trinajstić information content (AvgIpc) is 2.16. The number of aromatic nitrogens is 2. The number of aryl methyl sites for hydroxylation is 1. The maximum absolute atomic E-state index is 11.3. The molecule has 0 saturated carbocycles. The highest BCUT2D eigenvalue weighted by Gasteiger charge is 2.19. The largest absolute Gasteiger partial charge is 0.351 e. The maximum atomic E-state index is 11.3. The quantitative estimate of drug-likeness (QED) is 0.675. The lowest BCUT2D eigenvalue weighted by molar-refractivity contribution is 0.496. The Kier molecular flexibility index (Phi) is 2.73. The molecular formula is C10H16N4O. The van der Waals surface area contributed by atoms with E-state index >= 15 is 0 Å². The van der Waals surface area contributed by atoms with E-state index in [0.717, 1.165) is 25.5 Å². The normalized spacial score (nSPS) is 21.7. The SMILES string of the molecule is Cc1nc(N2CCNCC2C)cc(=O)[nH]1. The van der Waals surface area contributed by atoms with Crippen molar-refractivity contribution in [2.24, 2.45) is 0 Å². The molecule has 2 heterocycles. The van der Waals surface area contributed by atoms with Crippen LogP contribution in [0, 0.1) is 6.92 Å². The smallest absolute Gasteiger partial charge is 0.252 e. The molecule has 15 heavy (non-hydrogen) atoms. The molecule has 0 aromatic carbocycles. The summed E-state index contributed by atoms with van der Waals surface area (Å²) in [5.74, 6) is 1.45. The van der Waals surface area contributed by atoms with E-state index in [0.29, 0.717) is 11.9 Å². The molecule has 1 aliphatic rings. The van der Waals surface area contributed by atoms with Gasteiger partial charge in [-0.25, -0.2) is 4.98 Å². The van der Waals surface area contributed by atoms with Gasteiger partial charge in [0.15, 0.2) is 0 Å². The van der Waals surface area contributed by atoms with Crippen LogP contribution in [0.2, 0.25) is 0 Å². The molecule has 0 radical (unpaired) electrons. The van der Waals surface area contributed by atoms with E-state index in [1.54, 1.807) is 13.0 Å². The van der Waals surface area contributed by atoms with Crippen molar-refractivity contribution in [2.45, 2.75) is 19.9 Å². The van der Waals surface area contributed by atoms with Crippen molar-refractivity contribution in [3.05, 3.63) is 22.2 Å². The van der Waals surface area contributed by atoms with Crippen LogP contribution in [-0.2, 0) is 0 Å². The minimum absolute atomic E-state index is 0.0803. The Morgan fingerprint density at radius 1 is 1.60 bits per heavy atom. The van der Waals surface area contributed by atoms with Crippen LogP contribution in [0.15, 0.2) is 10.9 Å². The summed E-state index contributed by atoms with van der Waals surface area (Å²) in [4.78, 5) is 20.5. The first-order valence-electron chi connectivity index (χ1n) is 5.22. The van der Waals surface area contributed by atoms with Crippen LogP contribution in [0.3, 0.4) is 0 Å². The zero-order valence-electron chi connectivity index (χ0n) is 9.08. The summed E-state index contributed by atoms with van der Waals surface area (Å²) in [7, 11) is 0. The number of H-pyrrole nitrogens is 1. The van der Waals surface area contributed by atoms with E-state index in [9.17, 15) is 4.79 Å². The van der Waals surface area contributed by atoms with Crippen LogP contribution in [0.1, 0.15) is 12.7 Å². The van der Waals surface area contributed by atoms with E-state index in [2.05, 4.69) is 27.1 Å². The van der Waals surface area contributed by atoms with Crippen LogP contribution in [0.25, 0.3) is 0 Å². The van der Waals surface area contributed by atoms with Gasteiger partial charge in [-0.1, -0.05) is 0 Å². The van der Waals surface area contributed by atoms with Gasteiger partial charge in [0, 0.05) is 31.7 Å². The zero-order valence-corrected chi connectivity index (χ0v) is 9.08. The monoisotopic (exact) mass is 208 g/mol. The summed E-state index contributed by atoms with van der Waals surface area (Å²) in [6, 6.07) is 1.95. The van der Waals surface area contributed by atoms with Gasteiger partial charge in [0.1, 0.15) is 11.6 Å². The molecule has 0 bridgehead atoms. The van der Waals surface area contributed by atoms with Crippen molar-refractivity contribution in [3.63, 3.8) is 0 Å². The fraction of sp³-hybridized carbons (Fsp3) is 0.600. The number of nitrogens with one attached hydrogen (secondary N) is 2. The molecule has 0 spiro atoms. The first kappa shape index (κ1) is 10.2. The van der Waals surface area contributed by atoms with Gasteiger partial charge in [-0.05, 0) is 13.8 Å². The van der Waals surface area contributed by atoms with Crippen LogP contribution in [0.4, 0.5) is 5.82 Å². The van der Waals surface area contributed by atoms with Crippen LogP contribution in [-0.4, -0.2) is 35.6 Å². The number of hydrogen-bond donors (Lipinski definition) is 2. The van der Waals surface area contributed by atoms with Crippen molar-refractivity contribution in [3.8, 4) is 0 Å². The molecule has 1 aromatic rings. The van der Waals surface area contributed by atoms with Crippen LogP contribution < -0.4 is 15.8 Å². The lowest BCUT2D eigenvalue weighted by atomic mass is 10.2. The summed E-state index contributed by atoms with van der Waals surface area (Å²) in [5, 5.41) is 3.31. The Morgan fingerprint density at radius 2 is 2.40 bits per heavy atom. The Hall–Kier alpha value is -1.36. The summed E-state index contributed by atoms with van der Waals surface area (Å²) < 4.78 is 0. The second kappa shape index (κ2) is 4.02. The first-order valence-corrected chi connectivity index (χ1v) is 5.22. The third-order valence-corrected chi connectivity index (χ3v) is 2.64. The van der Waals surface area contributed by atoms with Crippen LogP contribution >= 0.6 is 0 Å². The topological polar surface area (TPSA) is 61.0 Å². The number of nitrogens with zero attached hydrogens (tertiary/aromatic N) is 2. The number of aromatic amines is 1. The summed E-state index contributed by atoms with van der Waals surface area (Å²) in [5.41, 5.74) is -0.0803. The predicted octanol–water partition coefficient (Wildman–Crippen LogP) is -0.124. The van der Waals surface area contributed by atoms with Gasteiger partial charge in [0.05, 0.1) is 0 Å². The van der Waals surface area contributed by atoms with Crippen molar-refractivity contribution in [2.75, 3.05) is 24.5 Å². The minimum atomic E-state index is -0.0803. The molecule has 1 aliphatic heterocycles. The van der Waals surface area contributed by atoms with E-state index in [-0.39, 0.29) is 5.56 Å². The molecule has 2 N–H and O–H groups in total. The molecule has 1 aromatic heterocycles. The first-order chi connectivity index (χ1) is 7.16. The molecule has 1 unspecified atom stereocenters. The Morgan fingerprint density at radius 3 is 3.07 bits per heavy atom. The molecule has 5 nitrogen and oxygen atoms in total. The molecule has 2 rings (SSSR count). The van der Waals surface area contributed by atoms with Gasteiger partial charge in [0.2, 0.25) is 0 Å². The number of rotatable bonds is 1. The fourth-order valence-corrected chi connectivity index (χ4v) is 1.89. The number of piperazine rings is 1. The molecule has 1 saturated heterocycles. The molecule has 5 heteroatoms. The predicted molar refractivity (Wildman–Crippen MR) is 59.3 cm³/mol. The Labute approximate surface area is 88.5 Å². The molecule has 0 aliphatic carbocycles. The molecule has 1 atom stereocenters. The van der Waals surface area contributed by atoms with E-state index in [1.165, 1.54) is 0 Å². The van der Waals surface area contributed by atoms with Crippen molar-refractivity contribution >= 4 is 5.82 Å². The van der Waals surface area contributed by atoms with Crippen molar-refractivity contribution in [1.82, 2.24) is 15.3 Å². The van der Waals surface area contributed by atoms with Gasteiger partial charge in [-0.2, -0.15) is 0 Å². The number of hydrogen-bond acceptors (Lipinski definition) is 4. The average molecular weight is 208 g/mol. The highest BCUT2D eigenvalue weighted by Crippen LogP contribution is 2.13. The zero-order chi connectivity index (χ0) is 10.8. The van der Waals surface area contributed by atoms with E-state index < -0.39 is 0 Å². The van der Waals surface area contributed by atoms with Crippen LogP contribution in [0.5, 0.6) is 0 Å². The van der Waals surface area contributed by atoms with Crippen molar-refractivity contribution in [1.29, 1.82) is 0 Å². The van der Waals surface area contributed by atoms with E-state index in [1.807, 2.05) is 0 Å². The molecule has 1 fully saturated rings. The van der Waals surface area contributed by atoms with Crippen molar-refractivity contribution < 1.29 is 0 Å². The highest BCUT2D eigenvalue weighted by molar-refractivity contribution is 5.39. The van der Waals surface area contributed by atoms with Gasteiger partial charge < -0.3 is 15.2 Å². The second-order valence-corrected chi connectivity index (χ2v) is 3.94.